The van der Waals surface area contributed by atoms with Gasteiger partial charge in [0.25, 0.3) is 6.43 Å². The van der Waals surface area contributed by atoms with Crippen molar-refractivity contribution in [2.24, 2.45) is 0 Å². The lowest BCUT2D eigenvalue weighted by atomic mass is 10.1. The number of rotatable bonds is 3. The molecule has 1 heterocycles. The predicted octanol–water partition coefficient (Wildman–Crippen LogP) is 2.92. The van der Waals surface area contributed by atoms with Crippen LogP contribution >= 0.6 is 0 Å². The van der Waals surface area contributed by atoms with Crippen molar-refractivity contribution in [3.63, 3.8) is 0 Å². The van der Waals surface area contributed by atoms with E-state index < -0.39 is 41.3 Å². The molecule has 1 aromatic rings. The summed E-state index contributed by atoms with van der Waals surface area (Å²) in [6.45, 7) is 0.999. The summed E-state index contributed by atoms with van der Waals surface area (Å²) in [7, 11) is 0. The van der Waals surface area contributed by atoms with Crippen LogP contribution in [0.3, 0.4) is 0 Å². The maximum absolute atomic E-state index is 12.7. The number of aromatic carboxylic acids is 1. The van der Waals surface area contributed by atoms with Crippen molar-refractivity contribution in [3.05, 3.63) is 23.0 Å². The molecule has 100 valence electrons. The fourth-order valence-electron chi connectivity index (χ4n) is 1.24. The maximum Gasteiger partial charge on any atom is 0.573 e. The number of halogens is 5. The monoisotopic (exact) mass is 271 g/mol. The van der Waals surface area contributed by atoms with E-state index in [-0.39, 0.29) is 0 Å². The van der Waals surface area contributed by atoms with E-state index in [4.69, 9.17) is 5.11 Å². The van der Waals surface area contributed by atoms with E-state index in [0.717, 1.165) is 6.92 Å². The zero-order valence-electron chi connectivity index (χ0n) is 8.76. The molecule has 0 radical (unpaired) electrons. The smallest absolute Gasteiger partial charge is 0.478 e. The molecule has 9 heteroatoms. The number of hydrogen-bond donors (Lipinski definition) is 1. The van der Waals surface area contributed by atoms with Crippen molar-refractivity contribution in [3.8, 4) is 5.75 Å². The minimum atomic E-state index is -5.22. The molecule has 0 aromatic carbocycles. The predicted molar refractivity (Wildman–Crippen MR) is 47.6 cm³/mol. The highest BCUT2D eigenvalue weighted by Gasteiger charge is 2.36. The number of aromatic nitrogens is 1. The van der Waals surface area contributed by atoms with Crippen LogP contribution in [0.2, 0.25) is 0 Å². The first kappa shape index (κ1) is 14.1. The normalized spacial score (nSPS) is 11.7. The van der Waals surface area contributed by atoms with Crippen molar-refractivity contribution >= 4 is 5.97 Å². The number of nitrogens with zero attached hydrogens (tertiary/aromatic N) is 1. The SMILES string of the molecule is Cc1ncc(C(=O)O)c(C(F)F)c1OC(F)(F)F. The van der Waals surface area contributed by atoms with Gasteiger partial charge in [-0.3, -0.25) is 4.98 Å². The molecule has 1 N–H and O–H groups in total. The topological polar surface area (TPSA) is 59.4 Å². The number of carboxylic acid groups (broad SMARTS) is 1. The van der Waals surface area contributed by atoms with Gasteiger partial charge in [0, 0.05) is 6.20 Å². The zero-order valence-corrected chi connectivity index (χ0v) is 8.76. The van der Waals surface area contributed by atoms with Crippen LogP contribution in [0.5, 0.6) is 5.75 Å². The molecule has 0 unspecified atom stereocenters. The Hall–Kier alpha value is -1.93. The van der Waals surface area contributed by atoms with Gasteiger partial charge in [-0.15, -0.1) is 13.2 Å². The van der Waals surface area contributed by atoms with E-state index in [1.807, 2.05) is 0 Å². The maximum atomic E-state index is 12.7. The minimum absolute atomic E-state index is 0.479. The van der Waals surface area contributed by atoms with Crippen molar-refractivity contribution in [1.29, 1.82) is 0 Å². The van der Waals surface area contributed by atoms with E-state index in [0.29, 0.717) is 6.20 Å². The highest BCUT2D eigenvalue weighted by atomic mass is 19.4. The Bertz CT molecular complexity index is 472. The van der Waals surface area contributed by atoms with Gasteiger partial charge in [-0.25, -0.2) is 13.6 Å². The number of pyridine rings is 1. The Morgan fingerprint density at radius 2 is 2.00 bits per heavy atom. The molecule has 4 nitrogen and oxygen atoms in total. The van der Waals surface area contributed by atoms with Crippen LogP contribution in [-0.4, -0.2) is 22.4 Å². The molecule has 0 atom stereocenters. The highest BCUT2D eigenvalue weighted by molar-refractivity contribution is 5.90. The summed E-state index contributed by atoms with van der Waals surface area (Å²) in [5.74, 6) is -3.10. The van der Waals surface area contributed by atoms with Gasteiger partial charge >= 0.3 is 12.3 Å². The first-order chi connectivity index (χ1) is 8.13. The standard InChI is InChI=1S/C9H6F5NO3/c1-3-6(18-9(12,13)14)5(7(10)11)4(2-15-3)8(16)17/h2,7H,1H3,(H,16,17). The second-order valence-corrected chi connectivity index (χ2v) is 3.15. The fraction of sp³-hybridized carbons (Fsp3) is 0.333. The number of carbonyl (C=O) groups is 1. The van der Waals surface area contributed by atoms with Gasteiger partial charge in [0.2, 0.25) is 0 Å². The number of carboxylic acids is 1. The third-order valence-corrected chi connectivity index (χ3v) is 1.92. The average molecular weight is 271 g/mol. The van der Waals surface area contributed by atoms with Crippen molar-refractivity contribution in [1.82, 2.24) is 4.98 Å². The highest BCUT2D eigenvalue weighted by Crippen LogP contribution is 2.36. The molecular formula is C9H6F5NO3. The Kier molecular flexibility index (Phi) is 3.73. The van der Waals surface area contributed by atoms with E-state index in [1.165, 1.54) is 0 Å². The third-order valence-electron chi connectivity index (χ3n) is 1.92. The van der Waals surface area contributed by atoms with Crippen LogP contribution in [0.15, 0.2) is 6.20 Å². The van der Waals surface area contributed by atoms with Gasteiger partial charge in [-0.2, -0.15) is 0 Å². The molecule has 0 fully saturated rings. The van der Waals surface area contributed by atoms with Gasteiger partial charge < -0.3 is 9.84 Å². The quantitative estimate of drug-likeness (QED) is 0.859. The Morgan fingerprint density at radius 3 is 2.39 bits per heavy atom. The van der Waals surface area contributed by atoms with Crippen LogP contribution < -0.4 is 4.74 Å². The third kappa shape index (κ3) is 3.05. The summed E-state index contributed by atoms with van der Waals surface area (Å²) < 4.78 is 64.9. The Morgan fingerprint density at radius 1 is 1.44 bits per heavy atom. The van der Waals surface area contributed by atoms with Crippen molar-refractivity contribution < 1.29 is 36.6 Å². The van der Waals surface area contributed by atoms with Crippen LogP contribution in [0.1, 0.15) is 28.0 Å². The molecule has 0 aliphatic rings. The van der Waals surface area contributed by atoms with Crippen LogP contribution in [0, 0.1) is 6.92 Å². The first-order valence-corrected chi connectivity index (χ1v) is 4.40. The van der Waals surface area contributed by atoms with Crippen molar-refractivity contribution in [2.75, 3.05) is 0 Å². The molecule has 1 rings (SSSR count). The van der Waals surface area contributed by atoms with Crippen LogP contribution in [0.25, 0.3) is 0 Å². The summed E-state index contributed by atoms with van der Waals surface area (Å²) in [5, 5.41) is 8.62. The Balaban J connectivity index is 3.46. The van der Waals surface area contributed by atoms with Crippen LogP contribution in [0.4, 0.5) is 22.0 Å². The lowest BCUT2D eigenvalue weighted by Crippen LogP contribution is -2.20. The molecular weight excluding hydrogens is 265 g/mol. The van der Waals surface area contributed by atoms with Gasteiger partial charge in [0.05, 0.1) is 16.8 Å². The minimum Gasteiger partial charge on any atom is -0.478 e. The molecule has 0 saturated heterocycles. The van der Waals surface area contributed by atoms with E-state index >= 15 is 0 Å². The second-order valence-electron chi connectivity index (χ2n) is 3.15. The molecule has 18 heavy (non-hydrogen) atoms. The summed E-state index contributed by atoms with van der Waals surface area (Å²) in [5.41, 5.74) is -2.85. The molecule has 0 amide bonds. The van der Waals surface area contributed by atoms with Gasteiger partial charge in [-0.05, 0) is 6.92 Å². The zero-order chi connectivity index (χ0) is 14.1. The lowest BCUT2D eigenvalue weighted by molar-refractivity contribution is -0.275. The summed E-state index contributed by atoms with van der Waals surface area (Å²) in [4.78, 5) is 13.9. The largest absolute Gasteiger partial charge is 0.573 e. The molecule has 0 aliphatic heterocycles. The van der Waals surface area contributed by atoms with E-state index in [2.05, 4.69) is 9.72 Å². The molecule has 0 saturated carbocycles. The molecule has 1 aromatic heterocycles. The summed E-state index contributed by atoms with van der Waals surface area (Å²) in [6.07, 6.45) is -8.09. The Labute approximate surface area is 97.0 Å². The lowest BCUT2D eigenvalue weighted by Gasteiger charge is -2.16. The van der Waals surface area contributed by atoms with E-state index in [9.17, 15) is 26.7 Å². The van der Waals surface area contributed by atoms with Crippen LogP contribution in [-0.2, 0) is 0 Å². The molecule has 0 bridgehead atoms. The van der Waals surface area contributed by atoms with E-state index in [1.54, 1.807) is 0 Å². The number of alkyl halides is 5. The van der Waals surface area contributed by atoms with Gasteiger partial charge in [0.1, 0.15) is 0 Å². The summed E-state index contributed by atoms with van der Waals surface area (Å²) in [6, 6.07) is 0. The second kappa shape index (κ2) is 4.75. The summed E-state index contributed by atoms with van der Waals surface area (Å²) >= 11 is 0. The molecule has 0 aliphatic carbocycles. The number of hydrogen-bond acceptors (Lipinski definition) is 3. The fourth-order valence-corrected chi connectivity index (χ4v) is 1.24. The van der Waals surface area contributed by atoms with Crippen molar-refractivity contribution in [2.45, 2.75) is 19.7 Å². The van der Waals surface area contributed by atoms with Gasteiger partial charge in [0.15, 0.2) is 5.75 Å². The average Bonchev–Trinajstić information content (AvgIpc) is 2.17. The number of aryl methyl sites for hydroxylation is 1. The molecule has 0 spiro atoms. The van der Waals surface area contributed by atoms with Gasteiger partial charge in [-0.1, -0.05) is 0 Å². The number of ether oxygens (including phenoxy) is 1. The first-order valence-electron chi connectivity index (χ1n) is 4.40.